The average molecular weight is 366 g/mol. The van der Waals surface area contributed by atoms with Crippen LogP contribution in [0, 0.1) is 0 Å². The van der Waals surface area contributed by atoms with Crippen molar-refractivity contribution < 1.29 is 14.3 Å². The molecule has 0 unspecified atom stereocenters. The van der Waals surface area contributed by atoms with Crippen LogP contribution in [0.15, 0.2) is 54.6 Å². The first-order valence-electron chi connectivity index (χ1n) is 9.46. The highest BCUT2D eigenvalue weighted by atomic mass is 16.5. The molecular formula is C22H26N2O3. The fourth-order valence-electron chi connectivity index (χ4n) is 3.23. The van der Waals surface area contributed by atoms with Gasteiger partial charge in [-0.2, -0.15) is 0 Å². The second-order valence-electron chi connectivity index (χ2n) is 6.81. The highest BCUT2D eigenvalue weighted by molar-refractivity contribution is 5.97. The third kappa shape index (κ3) is 5.33. The summed E-state index contributed by atoms with van der Waals surface area (Å²) in [6.07, 6.45) is 3.25. The van der Waals surface area contributed by atoms with Crippen molar-refractivity contribution in [2.24, 2.45) is 0 Å². The Labute approximate surface area is 160 Å². The molecule has 3 rings (SSSR count). The number of ether oxygens (including phenoxy) is 1. The van der Waals surface area contributed by atoms with Gasteiger partial charge in [0.1, 0.15) is 18.9 Å². The molecule has 2 aromatic carbocycles. The first-order chi connectivity index (χ1) is 13.1. The Hall–Kier alpha value is -2.82. The number of benzene rings is 2. The van der Waals surface area contributed by atoms with Crippen molar-refractivity contribution in [2.45, 2.75) is 32.8 Å². The molecule has 1 aliphatic heterocycles. The van der Waals surface area contributed by atoms with Gasteiger partial charge in [-0.1, -0.05) is 30.3 Å². The highest BCUT2D eigenvalue weighted by Crippen LogP contribution is 2.21. The molecule has 0 spiro atoms. The number of nitrogens with zero attached hydrogens (tertiary/aromatic N) is 2. The van der Waals surface area contributed by atoms with Crippen molar-refractivity contribution in [1.29, 1.82) is 0 Å². The summed E-state index contributed by atoms with van der Waals surface area (Å²) in [5.74, 6) is 0.598. The number of carbonyl (C=O) groups excluding carboxylic acids is 2. The lowest BCUT2D eigenvalue weighted by Gasteiger charge is -2.29. The zero-order chi connectivity index (χ0) is 19.1. The first-order valence-corrected chi connectivity index (χ1v) is 9.46. The van der Waals surface area contributed by atoms with Gasteiger partial charge >= 0.3 is 0 Å². The zero-order valence-corrected chi connectivity index (χ0v) is 15.8. The molecule has 0 saturated carbocycles. The number of piperidine rings is 1. The van der Waals surface area contributed by atoms with E-state index in [1.54, 1.807) is 0 Å². The summed E-state index contributed by atoms with van der Waals surface area (Å²) in [5.41, 5.74) is 1.80. The fourth-order valence-corrected chi connectivity index (χ4v) is 3.23. The molecule has 1 fully saturated rings. The van der Waals surface area contributed by atoms with Crippen LogP contribution in [-0.4, -0.2) is 36.3 Å². The molecule has 5 heteroatoms. The number of carbonyl (C=O) groups is 2. The van der Waals surface area contributed by atoms with Gasteiger partial charge in [0, 0.05) is 25.7 Å². The molecule has 0 aromatic heterocycles. The average Bonchev–Trinajstić information content (AvgIpc) is 2.72. The number of hydrogen-bond acceptors (Lipinski definition) is 3. The maximum absolute atomic E-state index is 12.5. The molecule has 5 nitrogen and oxygen atoms in total. The third-order valence-corrected chi connectivity index (χ3v) is 4.78. The Morgan fingerprint density at radius 3 is 2.26 bits per heavy atom. The molecule has 1 saturated heterocycles. The van der Waals surface area contributed by atoms with Crippen LogP contribution >= 0.6 is 0 Å². The van der Waals surface area contributed by atoms with Crippen molar-refractivity contribution in [1.82, 2.24) is 4.90 Å². The van der Waals surface area contributed by atoms with E-state index in [-0.39, 0.29) is 18.4 Å². The van der Waals surface area contributed by atoms with Crippen LogP contribution in [-0.2, 0) is 16.2 Å². The van der Waals surface area contributed by atoms with Crippen LogP contribution in [0.3, 0.4) is 0 Å². The van der Waals surface area contributed by atoms with Gasteiger partial charge in [0.05, 0.1) is 0 Å². The molecule has 1 aliphatic rings. The summed E-state index contributed by atoms with van der Waals surface area (Å²) in [7, 11) is 0. The predicted molar refractivity (Wildman–Crippen MR) is 106 cm³/mol. The van der Waals surface area contributed by atoms with E-state index in [1.165, 1.54) is 18.2 Å². The number of rotatable bonds is 6. The van der Waals surface area contributed by atoms with Gasteiger partial charge in [0.25, 0.3) is 0 Å². The van der Waals surface area contributed by atoms with Crippen LogP contribution in [0.5, 0.6) is 5.75 Å². The lowest BCUT2D eigenvalue weighted by Crippen LogP contribution is -2.44. The van der Waals surface area contributed by atoms with Crippen molar-refractivity contribution in [2.75, 3.05) is 24.5 Å². The Morgan fingerprint density at radius 2 is 1.63 bits per heavy atom. The second-order valence-corrected chi connectivity index (χ2v) is 6.81. The van der Waals surface area contributed by atoms with Crippen LogP contribution in [0.4, 0.5) is 5.69 Å². The number of amides is 2. The van der Waals surface area contributed by atoms with E-state index < -0.39 is 0 Å². The predicted octanol–water partition coefficient (Wildman–Crippen LogP) is 3.63. The third-order valence-electron chi connectivity index (χ3n) is 4.78. The van der Waals surface area contributed by atoms with Gasteiger partial charge in [-0.3, -0.25) is 9.59 Å². The van der Waals surface area contributed by atoms with Crippen LogP contribution < -0.4 is 9.64 Å². The minimum absolute atomic E-state index is 0.00861. The maximum Gasteiger partial charge on any atom is 0.242 e. The molecular weight excluding hydrogens is 340 g/mol. The summed E-state index contributed by atoms with van der Waals surface area (Å²) < 4.78 is 5.78. The largest absolute Gasteiger partial charge is 0.489 e. The van der Waals surface area contributed by atoms with Gasteiger partial charge < -0.3 is 14.5 Å². The van der Waals surface area contributed by atoms with E-state index >= 15 is 0 Å². The Balaban J connectivity index is 1.61. The quantitative estimate of drug-likeness (QED) is 0.784. The van der Waals surface area contributed by atoms with E-state index in [1.807, 2.05) is 59.5 Å². The molecule has 2 aromatic rings. The normalized spacial score (nSPS) is 13.9. The number of anilines is 1. The Kier molecular flexibility index (Phi) is 6.47. The Bertz CT molecular complexity index is 753. The molecule has 2 amide bonds. The van der Waals surface area contributed by atoms with Gasteiger partial charge in [0.15, 0.2) is 0 Å². The maximum atomic E-state index is 12.5. The van der Waals surface area contributed by atoms with Gasteiger partial charge in [0.2, 0.25) is 11.8 Å². The van der Waals surface area contributed by atoms with E-state index in [0.29, 0.717) is 12.3 Å². The zero-order valence-electron chi connectivity index (χ0n) is 15.8. The minimum atomic E-state index is -0.140. The van der Waals surface area contributed by atoms with Gasteiger partial charge in [-0.25, -0.2) is 0 Å². The monoisotopic (exact) mass is 366 g/mol. The van der Waals surface area contributed by atoms with Gasteiger partial charge in [-0.15, -0.1) is 0 Å². The highest BCUT2D eigenvalue weighted by Gasteiger charge is 2.21. The van der Waals surface area contributed by atoms with Crippen molar-refractivity contribution in [3.05, 3.63) is 60.2 Å². The summed E-state index contributed by atoms with van der Waals surface area (Å²) in [6, 6.07) is 17.3. The smallest absolute Gasteiger partial charge is 0.242 e. The minimum Gasteiger partial charge on any atom is -0.489 e. The molecule has 0 bridgehead atoms. The summed E-state index contributed by atoms with van der Waals surface area (Å²) >= 11 is 0. The second kappa shape index (κ2) is 9.21. The van der Waals surface area contributed by atoms with E-state index in [4.69, 9.17) is 4.74 Å². The van der Waals surface area contributed by atoms with E-state index in [0.717, 1.165) is 37.2 Å². The molecule has 27 heavy (non-hydrogen) atoms. The summed E-state index contributed by atoms with van der Waals surface area (Å²) in [4.78, 5) is 28.0. The van der Waals surface area contributed by atoms with Crippen molar-refractivity contribution >= 4 is 17.5 Å². The SMILES string of the molecule is CC(=O)N(CC(=O)N1CCCCC1)c1ccc(OCc2ccccc2)cc1. The molecule has 0 N–H and O–H groups in total. The lowest BCUT2D eigenvalue weighted by molar-refractivity contribution is -0.132. The van der Waals surface area contributed by atoms with Crippen LogP contribution in [0.1, 0.15) is 31.7 Å². The van der Waals surface area contributed by atoms with Crippen molar-refractivity contribution in [3.63, 3.8) is 0 Å². The molecule has 0 atom stereocenters. The van der Waals surface area contributed by atoms with E-state index in [2.05, 4.69) is 0 Å². The van der Waals surface area contributed by atoms with Crippen LogP contribution in [0.2, 0.25) is 0 Å². The van der Waals surface area contributed by atoms with Crippen molar-refractivity contribution in [3.8, 4) is 5.75 Å². The molecule has 0 aliphatic carbocycles. The lowest BCUT2D eigenvalue weighted by atomic mass is 10.1. The standard InChI is InChI=1S/C22H26N2O3/c1-18(25)24(16-22(26)23-14-6-3-7-15-23)20-10-12-21(13-11-20)27-17-19-8-4-2-5-9-19/h2,4-5,8-13H,3,6-7,14-17H2,1H3. The topological polar surface area (TPSA) is 49.9 Å². The number of hydrogen-bond donors (Lipinski definition) is 0. The first kappa shape index (κ1) is 19.0. The van der Waals surface area contributed by atoms with Crippen LogP contribution in [0.25, 0.3) is 0 Å². The van der Waals surface area contributed by atoms with E-state index in [9.17, 15) is 9.59 Å². The molecule has 0 radical (unpaired) electrons. The van der Waals surface area contributed by atoms with Gasteiger partial charge in [-0.05, 0) is 49.1 Å². The molecule has 1 heterocycles. The molecule has 142 valence electrons. The Morgan fingerprint density at radius 1 is 0.963 bits per heavy atom. The summed E-state index contributed by atoms with van der Waals surface area (Å²) in [6.45, 7) is 3.64. The number of likely N-dealkylation sites (tertiary alicyclic amines) is 1. The summed E-state index contributed by atoms with van der Waals surface area (Å²) in [5, 5.41) is 0. The fraction of sp³-hybridized carbons (Fsp3) is 0.364.